The van der Waals surface area contributed by atoms with Crippen LogP contribution in [-0.4, -0.2) is 18.1 Å². The van der Waals surface area contributed by atoms with Crippen LogP contribution < -0.4 is 5.73 Å². The Morgan fingerprint density at radius 3 is 2.50 bits per heavy atom. The van der Waals surface area contributed by atoms with Gasteiger partial charge in [-0.05, 0) is 38.0 Å². The van der Waals surface area contributed by atoms with E-state index in [2.05, 4.69) is 13.8 Å². The number of carbonyl (C=O) groups excluding carboxylic acids is 1. The standard InChI is InChI=1S/C13H25NO2/c1-10(2)6-5-9-12(14)13(15)16-11-7-3-4-8-11/h10-12H,3-9,14H2,1-2H3. The summed E-state index contributed by atoms with van der Waals surface area (Å²) >= 11 is 0. The molecule has 1 unspecified atom stereocenters. The van der Waals surface area contributed by atoms with Crippen molar-refractivity contribution in [3.05, 3.63) is 0 Å². The molecule has 0 aromatic heterocycles. The molecule has 1 aliphatic rings. The summed E-state index contributed by atoms with van der Waals surface area (Å²) in [5.41, 5.74) is 5.81. The molecule has 1 aliphatic carbocycles. The van der Waals surface area contributed by atoms with Crippen molar-refractivity contribution >= 4 is 5.97 Å². The molecule has 94 valence electrons. The molecular formula is C13H25NO2. The lowest BCUT2D eigenvalue weighted by Crippen LogP contribution is -2.34. The Hall–Kier alpha value is -0.570. The van der Waals surface area contributed by atoms with Crippen LogP contribution in [-0.2, 0) is 9.53 Å². The van der Waals surface area contributed by atoms with Gasteiger partial charge in [-0.3, -0.25) is 4.79 Å². The second kappa shape index (κ2) is 6.89. The van der Waals surface area contributed by atoms with Crippen LogP contribution in [0.1, 0.15) is 58.8 Å². The molecule has 0 saturated heterocycles. The van der Waals surface area contributed by atoms with Gasteiger partial charge in [-0.25, -0.2) is 0 Å². The maximum Gasteiger partial charge on any atom is 0.323 e. The van der Waals surface area contributed by atoms with Gasteiger partial charge < -0.3 is 10.5 Å². The molecule has 3 heteroatoms. The van der Waals surface area contributed by atoms with Crippen LogP contribution in [0.2, 0.25) is 0 Å². The van der Waals surface area contributed by atoms with E-state index in [1.54, 1.807) is 0 Å². The van der Waals surface area contributed by atoms with Crippen molar-refractivity contribution < 1.29 is 9.53 Å². The lowest BCUT2D eigenvalue weighted by Gasteiger charge is -2.16. The molecule has 16 heavy (non-hydrogen) atoms. The number of rotatable bonds is 6. The molecule has 0 aromatic carbocycles. The summed E-state index contributed by atoms with van der Waals surface area (Å²) in [6.45, 7) is 4.37. The van der Waals surface area contributed by atoms with E-state index in [4.69, 9.17) is 10.5 Å². The Bertz CT molecular complexity index is 210. The molecule has 0 heterocycles. The van der Waals surface area contributed by atoms with Gasteiger partial charge in [0.25, 0.3) is 0 Å². The van der Waals surface area contributed by atoms with Crippen LogP contribution in [0.4, 0.5) is 0 Å². The molecule has 1 saturated carbocycles. The van der Waals surface area contributed by atoms with Crippen molar-refractivity contribution in [1.29, 1.82) is 0 Å². The molecule has 0 radical (unpaired) electrons. The van der Waals surface area contributed by atoms with E-state index in [-0.39, 0.29) is 12.1 Å². The minimum absolute atomic E-state index is 0.142. The van der Waals surface area contributed by atoms with Crippen LogP contribution in [0.15, 0.2) is 0 Å². The summed E-state index contributed by atoms with van der Waals surface area (Å²) in [6, 6.07) is -0.417. The van der Waals surface area contributed by atoms with Gasteiger partial charge in [0.1, 0.15) is 12.1 Å². The Kier molecular flexibility index (Phi) is 5.81. The maximum absolute atomic E-state index is 11.6. The Labute approximate surface area is 98.7 Å². The van der Waals surface area contributed by atoms with Crippen molar-refractivity contribution in [1.82, 2.24) is 0 Å². The summed E-state index contributed by atoms with van der Waals surface area (Å²) in [4.78, 5) is 11.6. The average molecular weight is 227 g/mol. The highest BCUT2D eigenvalue weighted by atomic mass is 16.5. The second-order valence-electron chi connectivity index (χ2n) is 5.27. The molecule has 0 spiro atoms. The van der Waals surface area contributed by atoms with Crippen LogP contribution in [0.3, 0.4) is 0 Å². The van der Waals surface area contributed by atoms with Crippen LogP contribution in [0.25, 0.3) is 0 Å². The van der Waals surface area contributed by atoms with Crippen LogP contribution >= 0.6 is 0 Å². The zero-order chi connectivity index (χ0) is 12.0. The van der Waals surface area contributed by atoms with Gasteiger partial charge >= 0.3 is 5.97 Å². The normalized spacial score (nSPS) is 19.0. The monoisotopic (exact) mass is 227 g/mol. The van der Waals surface area contributed by atoms with E-state index in [1.807, 2.05) is 0 Å². The Balaban J connectivity index is 2.14. The van der Waals surface area contributed by atoms with Crippen LogP contribution in [0, 0.1) is 5.92 Å². The number of carbonyl (C=O) groups is 1. The van der Waals surface area contributed by atoms with E-state index >= 15 is 0 Å². The van der Waals surface area contributed by atoms with Gasteiger partial charge in [0, 0.05) is 0 Å². The highest BCUT2D eigenvalue weighted by Crippen LogP contribution is 2.21. The summed E-state index contributed by atoms with van der Waals surface area (Å²) < 4.78 is 5.37. The second-order valence-corrected chi connectivity index (χ2v) is 5.27. The third-order valence-corrected chi connectivity index (χ3v) is 3.18. The third kappa shape index (κ3) is 4.97. The Morgan fingerprint density at radius 2 is 1.94 bits per heavy atom. The van der Waals surface area contributed by atoms with Gasteiger partial charge in [0.05, 0.1) is 0 Å². The SMILES string of the molecule is CC(C)CCCC(N)C(=O)OC1CCCC1. The molecule has 0 amide bonds. The highest BCUT2D eigenvalue weighted by Gasteiger charge is 2.22. The first-order valence-electron chi connectivity index (χ1n) is 6.55. The minimum Gasteiger partial charge on any atom is -0.461 e. The smallest absolute Gasteiger partial charge is 0.323 e. The van der Waals surface area contributed by atoms with Crippen LogP contribution in [0.5, 0.6) is 0 Å². The molecule has 1 rings (SSSR count). The quantitative estimate of drug-likeness (QED) is 0.710. The summed E-state index contributed by atoms with van der Waals surface area (Å²) in [5, 5.41) is 0. The molecule has 1 atom stereocenters. The van der Waals surface area contributed by atoms with E-state index in [9.17, 15) is 4.79 Å². The van der Waals surface area contributed by atoms with E-state index < -0.39 is 6.04 Å². The van der Waals surface area contributed by atoms with Gasteiger partial charge in [-0.2, -0.15) is 0 Å². The average Bonchev–Trinajstić information content (AvgIpc) is 2.69. The van der Waals surface area contributed by atoms with E-state index in [1.165, 1.54) is 12.8 Å². The highest BCUT2D eigenvalue weighted by molar-refractivity contribution is 5.75. The van der Waals surface area contributed by atoms with E-state index in [0.717, 1.165) is 32.1 Å². The molecule has 0 aliphatic heterocycles. The molecule has 2 N–H and O–H groups in total. The molecular weight excluding hydrogens is 202 g/mol. The van der Waals surface area contributed by atoms with Gasteiger partial charge in [-0.1, -0.05) is 26.7 Å². The first kappa shape index (κ1) is 13.5. The Morgan fingerprint density at radius 1 is 1.31 bits per heavy atom. The molecule has 1 fully saturated rings. The summed E-state index contributed by atoms with van der Waals surface area (Å²) in [5.74, 6) is 0.480. The lowest BCUT2D eigenvalue weighted by molar-refractivity contribution is -0.150. The lowest BCUT2D eigenvalue weighted by atomic mass is 10.0. The third-order valence-electron chi connectivity index (χ3n) is 3.18. The topological polar surface area (TPSA) is 52.3 Å². The predicted molar refractivity (Wildman–Crippen MR) is 65.0 cm³/mol. The first-order valence-corrected chi connectivity index (χ1v) is 6.55. The number of esters is 1. The van der Waals surface area contributed by atoms with Crippen molar-refractivity contribution in [3.63, 3.8) is 0 Å². The van der Waals surface area contributed by atoms with Gasteiger partial charge in [-0.15, -0.1) is 0 Å². The summed E-state index contributed by atoms with van der Waals surface area (Å²) in [7, 11) is 0. The number of ether oxygens (including phenoxy) is 1. The van der Waals surface area contributed by atoms with Crippen molar-refractivity contribution in [2.75, 3.05) is 0 Å². The number of nitrogens with two attached hydrogens (primary N) is 1. The molecule has 0 bridgehead atoms. The molecule has 3 nitrogen and oxygen atoms in total. The van der Waals surface area contributed by atoms with Crippen molar-refractivity contribution in [3.8, 4) is 0 Å². The largest absolute Gasteiger partial charge is 0.461 e. The molecule has 0 aromatic rings. The zero-order valence-corrected chi connectivity index (χ0v) is 10.6. The minimum atomic E-state index is -0.417. The maximum atomic E-state index is 11.6. The predicted octanol–water partition coefficient (Wildman–Crippen LogP) is 2.63. The zero-order valence-electron chi connectivity index (χ0n) is 10.6. The van der Waals surface area contributed by atoms with Crippen molar-refractivity contribution in [2.45, 2.75) is 70.9 Å². The van der Waals surface area contributed by atoms with Gasteiger partial charge in [0.2, 0.25) is 0 Å². The summed E-state index contributed by atoms with van der Waals surface area (Å²) in [6.07, 6.45) is 7.44. The fraction of sp³-hybridized carbons (Fsp3) is 0.923. The van der Waals surface area contributed by atoms with Gasteiger partial charge in [0.15, 0.2) is 0 Å². The van der Waals surface area contributed by atoms with E-state index in [0.29, 0.717) is 5.92 Å². The fourth-order valence-corrected chi connectivity index (χ4v) is 2.12. The number of hydrogen-bond donors (Lipinski definition) is 1. The first-order chi connectivity index (χ1) is 7.59. The van der Waals surface area contributed by atoms with Crippen molar-refractivity contribution in [2.24, 2.45) is 11.7 Å². The fourth-order valence-electron chi connectivity index (χ4n) is 2.12. The number of hydrogen-bond acceptors (Lipinski definition) is 3.